The van der Waals surface area contributed by atoms with Gasteiger partial charge in [0.1, 0.15) is 0 Å². The summed E-state index contributed by atoms with van der Waals surface area (Å²) in [5.41, 5.74) is 8.52. The van der Waals surface area contributed by atoms with E-state index in [2.05, 4.69) is 15.2 Å². The number of carbonyl (C=O) groups is 3. The first-order valence-corrected chi connectivity index (χ1v) is 11.2. The maximum atomic E-state index is 13.2. The van der Waals surface area contributed by atoms with Crippen molar-refractivity contribution in [2.45, 2.75) is 12.8 Å². The van der Waals surface area contributed by atoms with Gasteiger partial charge in [-0.1, -0.05) is 30.3 Å². The van der Waals surface area contributed by atoms with Gasteiger partial charge in [0.2, 0.25) is 11.8 Å². The summed E-state index contributed by atoms with van der Waals surface area (Å²) >= 11 is 0. The van der Waals surface area contributed by atoms with E-state index in [1.165, 1.54) is 0 Å². The molecule has 0 aliphatic carbocycles. The van der Waals surface area contributed by atoms with Gasteiger partial charge in [-0.05, 0) is 42.8 Å². The standard InChI is InChI=1S/C26H27N5O3/c1-18(20-8-2-3-9-21(20)24(27)32)26(34)31-15-13-30(14-16-31)23-11-5-4-10-22(23)25(33)29-19-7-6-12-28-17-19/h2-12,17-18H,13-16H2,1H3,(H2,27,32)(H,29,33)/t18-/m1/s1. The molecule has 8 nitrogen and oxygen atoms in total. The van der Waals surface area contributed by atoms with Crippen LogP contribution in [0.2, 0.25) is 0 Å². The van der Waals surface area contributed by atoms with Gasteiger partial charge in [0.05, 0.1) is 23.4 Å². The molecule has 0 spiro atoms. The second kappa shape index (κ2) is 10.2. The number of aromatic nitrogens is 1. The predicted molar refractivity (Wildman–Crippen MR) is 131 cm³/mol. The molecule has 3 N–H and O–H groups in total. The Morgan fingerprint density at radius 2 is 1.59 bits per heavy atom. The minimum absolute atomic E-state index is 0.0454. The molecule has 3 amide bonds. The molecule has 1 saturated heterocycles. The SMILES string of the molecule is C[C@@H](C(=O)N1CCN(c2ccccc2C(=O)Nc2cccnc2)CC1)c1ccccc1C(N)=O. The number of nitrogens with two attached hydrogens (primary N) is 1. The molecular weight excluding hydrogens is 430 g/mol. The summed E-state index contributed by atoms with van der Waals surface area (Å²) in [6.07, 6.45) is 3.25. The van der Waals surface area contributed by atoms with Crippen LogP contribution in [0.5, 0.6) is 0 Å². The van der Waals surface area contributed by atoms with Gasteiger partial charge in [0, 0.05) is 43.6 Å². The molecule has 1 aliphatic rings. The van der Waals surface area contributed by atoms with E-state index in [0.29, 0.717) is 48.6 Å². The number of rotatable bonds is 6. The highest BCUT2D eigenvalue weighted by Crippen LogP contribution is 2.26. The summed E-state index contributed by atoms with van der Waals surface area (Å²) in [5, 5.41) is 2.88. The van der Waals surface area contributed by atoms with Gasteiger partial charge >= 0.3 is 0 Å². The van der Waals surface area contributed by atoms with Crippen LogP contribution in [0.15, 0.2) is 73.1 Å². The highest BCUT2D eigenvalue weighted by atomic mass is 16.2. The molecule has 1 fully saturated rings. The lowest BCUT2D eigenvalue weighted by atomic mass is 9.94. The zero-order valence-electron chi connectivity index (χ0n) is 19.0. The van der Waals surface area contributed by atoms with Gasteiger partial charge in [-0.2, -0.15) is 0 Å². The number of amides is 3. The molecule has 174 valence electrons. The average molecular weight is 458 g/mol. The maximum absolute atomic E-state index is 13.2. The van der Waals surface area contributed by atoms with Crippen molar-refractivity contribution in [3.8, 4) is 0 Å². The second-order valence-corrected chi connectivity index (χ2v) is 8.20. The Bertz CT molecular complexity index is 1190. The third-order valence-electron chi connectivity index (χ3n) is 6.06. The van der Waals surface area contributed by atoms with E-state index in [-0.39, 0.29) is 11.8 Å². The molecule has 2 heterocycles. The first-order chi connectivity index (χ1) is 16.5. The number of hydrogen-bond acceptors (Lipinski definition) is 5. The fourth-order valence-corrected chi connectivity index (χ4v) is 4.25. The number of hydrogen-bond donors (Lipinski definition) is 2. The highest BCUT2D eigenvalue weighted by molar-refractivity contribution is 6.08. The van der Waals surface area contributed by atoms with Crippen LogP contribution in [0.25, 0.3) is 0 Å². The van der Waals surface area contributed by atoms with Crippen LogP contribution >= 0.6 is 0 Å². The average Bonchev–Trinajstić information content (AvgIpc) is 2.88. The second-order valence-electron chi connectivity index (χ2n) is 8.20. The van der Waals surface area contributed by atoms with Crippen LogP contribution in [-0.2, 0) is 4.79 Å². The largest absolute Gasteiger partial charge is 0.367 e. The topological polar surface area (TPSA) is 109 Å². The zero-order chi connectivity index (χ0) is 24.1. The van der Waals surface area contributed by atoms with Gasteiger partial charge in [0.15, 0.2) is 0 Å². The van der Waals surface area contributed by atoms with Gasteiger partial charge in [-0.15, -0.1) is 0 Å². The Morgan fingerprint density at radius 3 is 2.26 bits per heavy atom. The Morgan fingerprint density at radius 1 is 0.912 bits per heavy atom. The van der Waals surface area contributed by atoms with Crippen molar-refractivity contribution < 1.29 is 14.4 Å². The van der Waals surface area contributed by atoms with Crippen molar-refractivity contribution in [1.29, 1.82) is 0 Å². The van der Waals surface area contributed by atoms with Crippen LogP contribution in [0.1, 0.15) is 39.1 Å². The summed E-state index contributed by atoms with van der Waals surface area (Å²) in [6, 6.07) is 18.0. The van der Waals surface area contributed by atoms with E-state index in [9.17, 15) is 14.4 Å². The maximum Gasteiger partial charge on any atom is 0.257 e. The van der Waals surface area contributed by atoms with E-state index >= 15 is 0 Å². The first kappa shape index (κ1) is 23.0. The van der Waals surface area contributed by atoms with Gasteiger partial charge in [-0.3, -0.25) is 19.4 Å². The monoisotopic (exact) mass is 457 g/mol. The quantitative estimate of drug-likeness (QED) is 0.592. The molecular formula is C26H27N5O3. The molecule has 1 aromatic heterocycles. The lowest BCUT2D eigenvalue weighted by molar-refractivity contribution is -0.132. The third-order valence-corrected chi connectivity index (χ3v) is 6.06. The molecule has 8 heteroatoms. The molecule has 1 aliphatic heterocycles. The van der Waals surface area contributed by atoms with Gasteiger partial charge in [0.25, 0.3) is 5.91 Å². The number of nitrogens with zero attached hydrogens (tertiary/aromatic N) is 3. The molecule has 0 radical (unpaired) electrons. The summed E-state index contributed by atoms with van der Waals surface area (Å²) in [5.74, 6) is -1.27. The van der Waals surface area contributed by atoms with Crippen LogP contribution in [0.4, 0.5) is 11.4 Å². The van der Waals surface area contributed by atoms with Gasteiger partial charge < -0.3 is 20.9 Å². The molecule has 2 aromatic carbocycles. The summed E-state index contributed by atoms with van der Waals surface area (Å²) in [6.45, 7) is 4.01. The number of para-hydroxylation sites is 1. The summed E-state index contributed by atoms with van der Waals surface area (Å²) in [7, 11) is 0. The van der Waals surface area contributed by atoms with E-state index in [1.807, 2.05) is 18.2 Å². The molecule has 34 heavy (non-hydrogen) atoms. The molecule has 1 atom stereocenters. The first-order valence-electron chi connectivity index (χ1n) is 11.2. The molecule has 0 saturated carbocycles. The molecule has 0 unspecified atom stereocenters. The summed E-state index contributed by atoms with van der Waals surface area (Å²) in [4.78, 5) is 45.8. The minimum Gasteiger partial charge on any atom is -0.367 e. The lowest BCUT2D eigenvalue weighted by Gasteiger charge is -2.38. The number of nitrogens with one attached hydrogen (secondary N) is 1. The van der Waals surface area contributed by atoms with Gasteiger partial charge in [-0.25, -0.2) is 0 Å². The van der Waals surface area contributed by atoms with E-state index in [4.69, 9.17) is 5.73 Å². The van der Waals surface area contributed by atoms with Crippen LogP contribution in [0, 0.1) is 0 Å². The molecule has 4 rings (SSSR count). The van der Waals surface area contributed by atoms with E-state index < -0.39 is 11.8 Å². The number of piperazine rings is 1. The normalized spacial score (nSPS) is 14.4. The number of pyridine rings is 1. The summed E-state index contributed by atoms with van der Waals surface area (Å²) < 4.78 is 0. The van der Waals surface area contributed by atoms with Crippen molar-refractivity contribution >= 4 is 29.1 Å². The number of benzene rings is 2. The Kier molecular flexibility index (Phi) is 6.87. The smallest absolute Gasteiger partial charge is 0.257 e. The van der Waals surface area contributed by atoms with Crippen LogP contribution in [0.3, 0.4) is 0 Å². The third kappa shape index (κ3) is 4.91. The van der Waals surface area contributed by atoms with Crippen LogP contribution in [-0.4, -0.2) is 53.8 Å². The highest BCUT2D eigenvalue weighted by Gasteiger charge is 2.29. The van der Waals surface area contributed by atoms with Crippen molar-refractivity contribution in [1.82, 2.24) is 9.88 Å². The molecule has 3 aromatic rings. The van der Waals surface area contributed by atoms with Crippen molar-refractivity contribution in [2.24, 2.45) is 5.73 Å². The zero-order valence-corrected chi connectivity index (χ0v) is 19.0. The van der Waals surface area contributed by atoms with E-state index in [1.54, 1.807) is 66.7 Å². The lowest BCUT2D eigenvalue weighted by Crippen LogP contribution is -2.50. The Balaban J connectivity index is 1.44. The Hall–Kier alpha value is -4.20. The fourth-order valence-electron chi connectivity index (χ4n) is 4.25. The fraction of sp³-hybridized carbons (Fsp3) is 0.231. The number of primary amides is 1. The van der Waals surface area contributed by atoms with Crippen molar-refractivity contribution in [3.63, 3.8) is 0 Å². The minimum atomic E-state index is -0.541. The number of carbonyl (C=O) groups excluding carboxylic acids is 3. The van der Waals surface area contributed by atoms with Crippen LogP contribution < -0.4 is 16.0 Å². The predicted octanol–water partition coefficient (Wildman–Crippen LogP) is 2.89. The van der Waals surface area contributed by atoms with E-state index in [0.717, 1.165) is 5.69 Å². The van der Waals surface area contributed by atoms with Crippen molar-refractivity contribution in [3.05, 3.63) is 89.7 Å². The Labute approximate surface area is 198 Å². The number of anilines is 2. The van der Waals surface area contributed by atoms with Crippen molar-refractivity contribution in [2.75, 3.05) is 36.4 Å². The molecule has 0 bridgehead atoms.